The third-order valence-electron chi connectivity index (χ3n) is 2.15. The van der Waals surface area contributed by atoms with Crippen LogP contribution in [-0.4, -0.2) is 18.1 Å². The summed E-state index contributed by atoms with van der Waals surface area (Å²) in [6.07, 6.45) is 1.57. The molecule has 0 saturated heterocycles. The molecule has 2 rings (SSSR count). The van der Waals surface area contributed by atoms with Crippen molar-refractivity contribution < 1.29 is 13.9 Å². The van der Waals surface area contributed by atoms with Crippen LogP contribution in [0.3, 0.4) is 0 Å². The Balaban J connectivity index is 2.39. The number of rotatable bonds is 2. The lowest BCUT2D eigenvalue weighted by Crippen LogP contribution is -2.00. The molecule has 0 aliphatic rings. The van der Waals surface area contributed by atoms with Crippen LogP contribution in [0.25, 0.3) is 11.5 Å². The van der Waals surface area contributed by atoms with Gasteiger partial charge in [0.25, 0.3) is 0 Å². The molecule has 1 aromatic carbocycles. The van der Waals surface area contributed by atoms with Crippen molar-refractivity contribution >= 4 is 5.97 Å². The maximum atomic E-state index is 11.3. The number of methoxy groups -OCH3 is 1. The molecule has 2 aromatic rings. The summed E-state index contributed by atoms with van der Waals surface area (Å²) >= 11 is 0. The van der Waals surface area contributed by atoms with E-state index in [0.717, 1.165) is 11.3 Å². The van der Waals surface area contributed by atoms with Crippen LogP contribution in [0.1, 0.15) is 16.1 Å². The number of hydrogen-bond acceptors (Lipinski definition) is 4. The molecule has 0 bridgehead atoms. The van der Waals surface area contributed by atoms with Gasteiger partial charge in [0.05, 0.1) is 18.4 Å². The molecule has 0 fully saturated rings. The summed E-state index contributed by atoms with van der Waals surface area (Å²) in [6, 6.07) is 6.97. The van der Waals surface area contributed by atoms with E-state index >= 15 is 0 Å². The first-order chi connectivity index (χ1) is 7.70. The summed E-state index contributed by atoms with van der Waals surface area (Å²) < 4.78 is 9.90. The van der Waals surface area contributed by atoms with Crippen LogP contribution in [0.5, 0.6) is 0 Å². The van der Waals surface area contributed by atoms with Crippen LogP contribution in [0.4, 0.5) is 0 Å². The van der Waals surface area contributed by atoms with E-state index in [-0.39, 0.29) is 5.97 Å². The van der Waals surface area contributed by atoms with Gasteiger partial charge in [0.1, 0.15) is 6.26 Å². The van der Waals surface area contributed by atoms with Gasteiger partial charge in [-0.2, -0.15) is 0 Å². The summed E-state index contributed by atoms with van der Waals surface area (Å²) in [5, 5.41) is 0. The number of oxazole rings is 1. The molecule has 1 heterocycles. The summed E-state index contributed by atoms with van der Waals surface area (Å²) in [5.41, 5.74) is 2.05. The third kappa shape index (κ3) is 1.95. The maximum Gasteiger partial charge on any atom is 0.337 e. The van der Waals surface area contributed by atoms with E-state index in [2.05, 4.69) is 9.72 Å². The molecule has 0 aliphatic heterocycles. The zero-order valence-corrected chi connectivity index (χ0v) is 9.06. The highest BCUT2D eigenvalue weighted by Crippen LogP contribution is 2.19. The fourth-order valence-electron chi connectivity index (χ4n) is 1.38. The molecule has 82 valence electrons. The molecule has 0 spiro atoms. The monoisotopic (exact) mass is 217 g/mol. The highest BCUT2D eigenvalue weighted by molar-refractivity contribution is 5.90. The average molecular weight is 217 g/mol. The Morgan fingerprint density at radius 2 is 2.25 bits per heavy atom. The Hall–Kier alpha value is -2.10. The van der Waals surface area contributed by atoms with Crippen LogP contribution in [-0.2, 0) is 4.74 Å². The lowest BCUT2D eigenvalue weighted by molar-refractivity contribution is 0.0601. The molecule has 0 saturated carbocycles. The van der Waals surface area contributed by atoms with E-state index in [1.807, 2.05) is 13.0 Å². The van der Waals surface area contributed by atoms with E-state index < -0.39 is 0 Å². The number of ether oxygens (including phenoxy) is 1. The van der Waals surface area contributed by atoms with Crippen LogP contribution in [0, 0.1) is 6.92 Å². The van der Waals surface area contributed by atoms with Crippen molar-refractivity contribution in [2.75, 3.05) is 7.11 Å². The minimum atomic E-state index is -0.370. The van der Waals surface area contributed by atoms with E-state index in [0.29, 0.717) is 11.5 Å². The second-order valence-electron chi connectivity index (χ2n) is 3.37. The van der Waals surface area contributed by atoms with Crippen LogP contribution >= 0.6 is 0 Å². The van der Waals surface area contributed by atoms with Crippen LogP contribution in [0.15, 0.2) is 34.9 Å². The maximum absolute atomic E-state index is 11.3. The number of carbonyl (C=O) groups excluding carboxylic acids is 1. The van der Waals surface area contributed by atoms with Gasteiger partial charge in [-0.25, -0.2) is 9.78 Å². The summed E-state index contributed by atoms with van der Waals surface area (Å²) in [6.45, 7) is 1.84. The number of nitrogens with zero attached hydrogens (tertiary/aromatic N) is 1. The molecule has 16 heavy (non-hydrogen) atoms. The fraction of sp³-hybridized carbons (Fsp3) is 0.167. The van der Waals surface area contributed by atoms with Crippen LogP contribution in [0.2, 0.25) is 0 Å². The molecular formula is C12H11NO3. The Kier molecular flexibility index (Phi) is 2.72. The number of aryl methyl sites for hydroxylation is 1. The lowest BCUT2D eigenvalue weighted by atomic mass is 10.1. The molecule has 0 N–H and O–H groups in total. The highest BCUT2D eigenvalue weighted by Gasteiger charge is 2.09. The van der Waals surface area contributed by atoms with Crippen molar-refractivity contribution in [3.8, 4) is 11.5 Å². The smallest absolute Gasteiger partial charge is 0.337 e. The largest absolute Gasteiger partial charge is 0.465 e. The van der Waals surface area contributed by atoms with Crippen molar-refractivity contribution in [1.29, 1.82) is 0 Å². The molecular weight excluding hydrogens is 206 g/mol. The molecule has 1 aromatic heterocycles. The molecule has 0 aliphatic carbocycles. The summed E-state index contributed by atoms with van der Waals surface area (Å²) in [4.78, 5) is 15.5. The quantitative estimate of drug-likeness (QED) is 0.725. The zero-order valence-electron chi connectivity index (χ0n) is 9.06. The molecule has 0 unspecified atom stereocenters. The van der Waals surface area contributed by atoms with Crippen molar-refractivity contribution in [3.05, 3.63) is 41.8 Å². The third-order valence-corrected chi connectivity index (χ3v) is 2.15. The SMILES string of the molecule is COC(=O)c1cccc(-c2nc(C)co2)c1. The molecule has 0 atom stereocenters. The van der Waals surface area contributed by atoms with E-state index in [4.69, 9.17) is 4.42 Å². The average Bonchev–Trinajstić information content (AvgIpc) is 2.75. The normalized spacial score (nSPS) is 10.1. The Bertz CT molecular complexity index is 516. The minimum absolute atomic E-state index is 0.370. The summed E-state index contributed by atoms with van der Waals surface area (Å²) in [5.74, 6) is 0.133. The van der Waals surface area contributed by atoms with Crippen molar-refractivity contribution in [2.24, 2.45) is 0 Å². The predicted octanol–water partition coefficient (Wildman–Crippen LogP) is 2.44. The van der Waals surface area contributed by atoms with Gasteiger partial charge in [0.2, 0.25) is 5.89 Å². The van der Waals surface area contributed by atoms with Gasteiger partial charge >= 0.3 is 5.97 Å². The first-order valence-corrected chi connectivity index (χ1v) is 4.81. The number of esters is 1. The van der Waals surface area contributed by atoms with Crippen molar-refractivity contribution in [2.45, 2.75) is 6.92 Å². The molecule has 4 heteroatoms. The van der Waals surface area contributed by atoms with Gasteiger partial charge in [-0.1, -0.05) is 6.07 Å². The van der Waals surface area contributed by atoms with E-state index in [1.165, 1.54) is 7.11 Å². The fourth-order valence-corrected chi connectivity index (χ4v) is 1.38. The second kappa shape index (κ2) is 4.18. The van der Waals surface area contributed by atoms with Gasteiger partial charge in [-0.15, -0.1) is 0 Å². The van der Waals surface area contributed by atoms with Gasteiger partial charge in [0.15, 0.2) is 0 Å². The Morgan fingerprint density at radius 1 is 1.44 bits per heavy atom. The predicted molar refractivity (Wildman–Crippen MR) is 58.0 cm³/mol. The van der Waals surface area contributed by atoms with Gasteiger partial charge in [-0.3, -0.25) is 0 Å². The molecule has 4 nitrogen and oxygen atoms in total. The number of hydrogen-bond donors (Lipinski definition) is 0. The van der Waals surface area contributed by atoms with Gasteiger partial charge < -0.3 is 9.15 Å². The van der Waals surface area contributed by atoms with Crippen LogP contribution < -0.4 is 0 Å². The molecule has 0 amide bonds. The van der Waals surface area contributed by atoms with Crippen molar-refractivity contribution in [3.63, 3.8) is 0 Å². The number of aromatic nitrogens is 1. The standard InChI is InChI=1S/C12H11NO3/c1-8-7-16-11(13-8)9-4-3-5-10(6-9)12(14)15-2/h3-7H,1-2H3. The summed E-state index contributed by atoms with van der Waals surface area (Å²) in [7, 11) is 1.35. The zero-order chi connectivity index (χ0) is 11.5. The number of benzene rings is 1. The first-order valence-electron chi connectivity index (χ1n) is 4.81. The number of carbonyl (C=O) groups is 1. The topological polar surface area (TPSA) is 52.3 Å². The Morgan fingerprint density at radius 3 is 2.88 bits per heavy atom. The first kappa shape index (κ1) is 10.4. The molecule has 0 radical (unpaired) electrons. The van der Waals surface area contributed by atoms with E-state index in [1.54, 1.807) is 24.5 Å². The van der Waals surface area contributed by atoms with Gasteiger partial charge in [0, 0.05) is 5.56 Å². The van der Waals surface area contributed by atoms with E-state index in [9.17, 15) is 4.79 Å². The Labute approximate surface area is 92.9 Å². The van der Waals surface area contributed by atoms with Gasteiger partial charge in [-0.05, 0) is 25.1 Å². The highest BCUT2D eigenvalue weighted by atomic mass is 16.5. The minimum Gasteiger partial charge on any atom is -0.465 e. The second-order valence-corrected chi connectivity index (χ2v) is 3.37. The van der Waals surface area contributed by atoms with Crippen molar-refractivity contribution in [1.82, 2.24) is 4.98 Å². The lowest BCUT2D eigenvalue weighted by Gasteiger charge is -2.00.